The van der Waals surface area contributed by atoms with Crippen LogP contribution in [0.25, 0.3) is 0 Å². The van der Waals surface area contributed by atoms with Crippen LogP contribution >= 0.6 is 31.9 Å². The Morgan fingerprint density at radius 2 is 1.81 bits per heavy atom. The third-order valence-corrected chi connectivity index (χ3v) is 4.50. The van der Waals surface area contributed by atoms with E-state index in [1.54, 1.807) is 19.1 Å². The van der Waals surface area contributed by atoms with Gasteiger partial charge in [-0.3, -0.25) is 14.4 Å². The third kappa shape index (κ3) is 10.6. The molecule has 0 aliphatic heterocycles. The van der Waals surface area contributed by atoms with E-state index in [1.807, 2.05) is 0 Å². The smallest absolute Gasteiger partial charge is 0.306 e. The second-order valence-electron chi connectivity index (χ2n) is 5.63. The Hall–Kier alpha value is -2.86. The van der Waals surface area contributed by atoms with Crippen LogP contribution in [0.5, 0.6) is 5.75 Å². The Morgan fingerprint density at radius 3 is 2.45 bits per heavy atom. The standard InChI is InChI=1S/C20H17Br2N3O6/c1-2-31-18(28)5-4-17(27)24-9-8-23-6-3-7-25-20(30)16(26)12-13-10-14(21)19(29)15(22)11-13/h6,10-11,16,26,29H,2,4-5,12H2,1H3/t16-/m1/s1. The van der Waals surface area contributed by atoms with E-state index in [2.05, 4.69) is 74.9 Å². The molecule has 11 heteroatoms. The molecule has 0 fully saturated rings. The lowest BCUT2D eigenvalue weighted by atomic mass is 10.1. The van der Waals surface area contributed by atoms with Gasteiger partial charge in [-0.15, -0.1) is 0 Å². The summed E-state index contributed by atoms with van der Waals surface area (Å²) in [5.41, 5.74) is 2.92. The number of aliphatic hydroxyl groups excluding tert-OH is 1. The molecular weight excluding hydrogens is 538 g/mol. The van der Waals surface area contributed by atoms with Gasteiger partial charge >= 0.3 is 5.97 Å². The second-order valence-corrected chi connectivity index (χ2v) is 7.34. The van der Waals surface area contributed by atoms with Crippen LogP contribution in [0.3, 0.4) is 0 Å². The fourth-order valence-corrected chi connectivity index (χ4v) is 3.20. The molecule has 1 aromatic carbocycles. The van der Waals surface area contributed by atoms with E-state index >= 15 is 0 Å². The fourth-order valence-electron chi connectivity index (χ4n) is 1.92. The Morgan fingerprint density at radius 1 is 1.13 bits per heavy atom. The molecular formula is C20H17Br2N3O6. The molecule has 1 aromatic rings. The summed E-state index contributed by atoms with van der Waals surface area (Å²) in [6.07, 6.45) is -0.572. The monoisotopic (exact) mass is 553 g/mol. The number of carbonyl (C=O) groups excluding carboxylic acids is 3. The van der Waals surface area contributed by atoms with Crippen LogP contribution in [0.4, 0.5) is 0 Å². The summed E-state index contributed by atoms with van der Waals surface area (Å²) in [5.74, 6) is 4.61. The van der Waals surface area contributed by atoms with Crippen LogP contribution in [-0.2, 0) is 25.5 Å². The molecule has 0 radical (unpaired) electrons. The van der Waals surface area contributed by atoms with Crippen LogP contribution < -0.4 is 0 Å². The van der Waals surface area contributed by atoms with Crippen molar-refractivity contribution in [1.82, 2.24) is 0 Å². The van der Waals surface area contributed by atoms with Gasteiger partial charge in [0.2, 0.25) is 0 Å². The number of amides is 2. The van der Waals surface area contributed by atoms with Gasteiger partial charge in [-0.25, -0.2) is 0 Å². The minimum atomic E-state index is -1.41. The van der Waals surface area contributed by atoms with Gasteiger partial charge < -0.3 is 14.9 Å². The number of hydrogen-bond acceptors (Lipinski definition) is 7. The van der Waals surface area contributed by atoms with Crippen LogP contribution in [0.1, 0.15) is 25.3 Å². The summed E-state index contributed by atoms with van der Waals surface area (Å²) in [4.78, 5) is 44.6. The maximum atomic E-state index is 11.8. The van der Waals surface area contributed by atoms with E-state index in [0.29, 0.717) is 14.5 Å². The first-order valence-corrected chi connectivity index (χ1v) is 10.3. The topological polar surface area (TPSA) is 138 Å². The van der Waals surface area contributed by atoms with Gasteiger partial charge in [-0.1, -0.05) is 0 Å². The highest BCUT2D eigenvalue weighted by Crippen LogP contribution is 2.33. The summed E-state index contributed by atoms with van der Waals surface area (Å²) in [5, 5.41) is 19.6. The number of benzene rings is 1. The van der Waals surface area contributed by atoms with E-state index in [4.69, 9.17) is 0 Å². The minimum Gasteiger partial charge on any atom is -0.506 e. The van der Waals surface area contributed by atoms with Crippen molar-refractivity contribution in [3.05, 3.63) is 38.6 Å². The van der Waals surface area contributed by atoms with Crippen molar-refractivity contribution in [1.29, 1.82) is 0 Å². The van der Waals surface area contributed by atoms with Crippen molar-refractivity contribution in [3.63, 3.8) is 0 Å². The molecule has 0 heterocycles. The molecule has 1 rings (SSSR count). The quantitative estimate of drug-likeness (QED) is 0.287. The number of halogens is 2. The molecule has 0 aromatic heterocycles. The highest BCUT2D eigenvalue weighted by Gasteiger charge is 2.16. The van der Waals surface area contributed by atoms with Crippen LogP contribution in [0.15, 0.2) is 48.0 Å². The molecule has 0 spiro atoms. The number of aliphatic imine (C=N–C) groups is 3. The summed E-state index contributed by atoms with van der Waals surface area (Å²) in [6, 6.07) is 3.14. The Balaban J connectivity index is 2.60. The van der Waals surface area contributed by atoms with Gasteiger partial charge in [0.15, 0.2) is 0 Å². The first-order chi connectivity index (χ1) is 14.7. The lowest BCUT2D eigenvalue weighted by molar-refractivity contribution is -0.144. The third-order valence-electron chi connectivity index (χ3n) is 3.29. The zero-order chi connectivity index (χ0) is 23.2. The fraction of sp³-hybridized carbons (Fsp3) is 0.300. The van der Waals surface area contributed by atoms with Crippen molar-refractivity contribution < 1.29 is 29.3 Å². The zero-order valence-corrected chi connectivity index (χ0v) is 19.4. The predicted molar refractivity (Wildman–Crippen MR) is 119 cm³/mol. The van der Waals surface area contributed by atoms with Crippen LogP contribution in [0.2, 0.25) is 0 Å². The van der Waals surface area contributed by atoms with E-state index in [9.17, 15) is 24.6 Å². The zero-order valence-electron chi connectivity index (χ0n) is 16.3. The molecule has 0 aliphatic carbocycles. The lowest BCUT2D eigenvalue weighted by Crippen LogP contribution is -2.20. The maximum absolute atomic E-state index is 11.8. The first kappa shape index (κ1) is 26.2. The SMILES string of the molecule is CCOC(=O)CCC(=O)N=C=C=NC=C=C=NC(=O)[C@H](O)Cc1cc(Br)c(O)c(Br)c1. The van der Waals surface area contributed by atoms with Crippen molar-refractivity contribution in [2.45, 2.75) is 32.3 Å². The summed E-state index contributed by atoms with van der Waals surface area (Å²) < 4.78 is 5.51. The van der Waals surface area contributed by atoms with Crippen molar-refractivity contribution in [3.8, 4) is 5.75 Å². The van der Waals surface area contributed by atoms with Gasteiger partial charge in [0.1, 0.15) is 11.9 Å². The number of ether oxygens (including phenoxy) is 1. The number of nitrogens with zero attached hydrogens (tertiary/aromatic N) is 3. The lowest BCUT2D eigenvalue weighted by Gasteiger charge is -2.08. The predicted octanol–water partition coefficient (Wildman–Crippen LogP) is 2.45. The number of hydrogen-bond donors (Lipinski definition) is 2. The summed E-state index contributed by atoms with van der Waals surface area (Å²) in [6.45, 7) is 1.91. The number of rotatable bonds is 8. The number of carbonyl (C=O) groups is 3. The number of aliphatic hydroxyl groups is 1. The molecule has 0 unspecified atom stereocenters. The van der Waals surface area contributed by atoms with E-state index in [-0.39, 0.29) is 31.6 Å². The van der Waals surface area contributed by atoms with Gasteiger partial charge in [-0.05, 0) is 62.2 Å². The molecule has 2 amide bonds. The second kappa shape index (κ2) is 14.2. The number of esters is 1. The highest BCUT2D eigenvalue weighted by molar-refractivity contribution is 9.11. The van der Waals surface area contributed by atoms with Gasteiger partial charge in [0.25, 0.3) is 11.8 Å². The normalized spacial score (nSPS) is 10.3. The van der Waals surface area contributed by atoms with Crippen molar-refractivity contribution >= 4 is 67.3 Å². The van der Waals surface area contributed by atoms with E-state index in [0.717, 1.165) is 6.20 Å². The molecule has 31 heavy (non-hydrogen) atoms. The molecule has 0 aliphatic rings. The Kier molecular flexibility index (Phi) is 12.0. The summed E-state index contributed by atoms with van der Waals surface area (Å²) >= 11 is 6.33. The number of phenolic OH excluding ortho intramolecular Hbond substituents is 1. The van der Waals surface area contributed by atoms with Crippen molar-refractivity contribution in [2.75, 3.05) is 6.61 Å². The first-order valence-electron chi connectivity index (χ1n) is 8.75. The van der Waals surface area contributed by atoms with E-state index in [1.165, 1.54) is 0 Å². The Bertz CT molecular complexity index is 1020. The molecule has 1 atom stereocenters. The average molecular weight is 555 g/mol. The number of phenols is 1. The minimum absolute atomic E-state index is 0.0105. The molecule has 2 N–H and O–H groups in total. The van der Waals surface area contributed by atoms with Crippen molar-refractivity contribution in [2.24, 2.45) is 15.0 Å². The average Bonchev–Trinajstić information content (AvgIpc) is 2.72. The molecule has 9 nitrogen and oxygen atoms in total. The maximum Gasteiger partial charge on any atom is 0.306 e. The largest absolute Gasteiger partial charge is 0.506 e. The van der Waals surface area contributed by atoms with E-state index < -0.39 is 23.9 Å². The molecule has 0 saturated heterocycles. The summed E-state index contributed by atoms with van der Waals surface area (Å²) in [7, 11) is 0. The van der Waals surface area contributed by atoms with Gasteiger partial charge in [0.05, 0.1) is 39.9 Å². The number of aromatic hydroxyl groups is 1. The van der Waals surface area contributed by atoms with Crippen LogP contribution in [0, 0.1) is 0 Å². The Labute approximate surface area is 194 Å². The van der Waals surface area contributed by atoms with Gasteiger partial charge in [0, 0.05) is 18.7 Å². The van der Waals surface area contributed by atoms with Crippen LogP contribution in [-0.4, -0.2) is 58.3 Å². The van der Waals surface area contributed by atoms with Gasteiger partial charge in [-0.2, -0.15) is 15.0 Å². The highest BCUT2D eigenvalue weighted by atomic mass is 79.9. The molecule has 0 bridgehead atoms. The molecule has 162 valence electrons. The molecule has 0 saturated carbocycles.